The summed E-state index contributed by atoms with van der Waals surface area (Å²) in [7, 11) is 0. The zero-order chi connectivity index (χ0) is 19.4. The second-order valence-corrected chi connectivity index (χ2v) is 8.98. The fourth-order valence-electron chi connectivity index (χ4n) is 2.33. The van der Waals surface area contributed by atoms with Gasteiger partial charge in [-0.1, -0.05) is 49.2 Å². The van der Waals surface area contributed by atoms with Gasteiger partial charge in [0.2, 0.25) is 11.0 Å². The van der Waals surface area contributed by atoms with Crippen molar-refractivity contribution in [3.63, 3.8) is 0 Å². The zero-order valence-corrected chi connectivity index (χ0v) is 17.2. The Morgan fingerprint density at radius 3 is 2.96 bits per heavy atom. The number of hydrogen-bond donors (Lipinski definition) is 1. The summed E-state index contributed by atoms with van der Waals surface area (Å²) >= 11 is 7.83. The Morgan fingerprint density at radius 1 is 1.44 bits per heavy atom. The molecule has 10 heteroatoms. The SMILES string of the molecule is CC(C)Cc1nnc(NC(=O)CCN2C(=O)C(=Cc3ccco3)SC2=S)s1. The van der Waals surface area contributed by atoms with E-state index in [2.05, 4.69) is 29.4 Å². The first-order valence-corrected chi connectivity index (χ1v) is 10.4. The molecular formula is C17H18N4O3S3. The van der Waals surface area contributed by atoms with Crippen LogP contribution < -0.4 is 5.32 Å². The van der Waals surface area contributed by atoms with Crippen LogP contribution in [0.1, 0.15) is 31.0 Å². The number of furan rings is 1. The minimum absolute atomic E-state index is 0.125. The van der Waals surface area contributed by atoms with Crippen molar-refractivity contribution in [2.45, 2.75) is 26.7 Å². The molecule has 1 aliphatic heterocycles. The van der Waals surface area contributed by atoms with E-state index in [1.54, 1.807) is 18.2 Å². The number of rotatable bonds is 7. The number of aromatic nitrogens is 2. The lowest BCUT2D eigenvalue weighted by atomic mass is 10.1. The second kappa shape index (κ2) is 8.77. The normalized spacial score (nSPS) is 16.0. The molecule has 0 atom stereocenters. The molecule has 142 valence electrons. The van der Waals surface area contributed by atoms with Gasteiger partial charge in [-0.05, 0) is 18.1 Å². The Bertz CT molecular complexity index is 874. The molecule has 1 N–H and O–H groups in total. The summed E-state index contributed by atoms with van der Waals surface area (Å²) in [6.45, 7) is 4.41. The Kier molecular flexibility index (Phi) is 6.40. The van der Waals surface area contributed by atoms with Gasteiger partial charge in [0, 0.05) is 25.5 Å². The van der Waals surface area contributed by atoms with Gasteiger partial charge >= 0.3 is 0 Å². The molecule has 1 fully saturated rings. The lowest BCUT2D eigenvalue weighted by molar-refractivity contribution is -0.122. The molecule has 3 heterocycles. The standard InChI is InChI=1S/C17H18N4O3S3/c1-10(2)8-14-19-20-16(27-14)18-13(22)5-6-21-15(23)12(26-17(21)25)9-11-4-3-7-24-11/h3-4,7,9-10H,5-6,8H2,1-2H3,(H,18,20,22). The maximum Gasteiger partial charge on any atom is 0.266 e. The summed E-state index contributed by atoms with van der Waals surface area (Å²) < 4.78 is 5.66. The molecule has 1 saturated heterocycles. The summed E-state index contributed by atoms with van der Waals surface area (Å²) in [5.41, 5.74) is 0. The number of carbonyl (C=O) groups excluding carboxylic acids is 2. The molecule has 0 aromatic carbocycles. The lowest BCUT2D eigenvalue weighted by Gasteiger charge is -2.13. The van der Waals surface area contributed by atoms with Gasteiger partial charge in [0.05, 0.1) is 11.2 Å². The minimum atomic E-state index is -0.230. The Labute approximate surface area is 170 Å². The number of amides is 2. The van der Waals surface area contributed by atoms with Gasteiger partial charge < -0.3 is 9.73 Å². The Hall–Kier alpha value is -2.04. The number of thiocarbonyl (C=S) groups is 1. The highest BCUT2D eigenvalue weighted by atomic mass is 32.2. The molecule has 1 aliphatic rings. The van der Waals surface area contributed by atoms with Crippen molar-refractivity contribution in [1.29, 1.82) is 0 Å². The van der Waals surface area contributed by atoms with E-state index in [1.807, 2.05) is 0 Å². The van der Waals surface area contributed by atoms with Gasteiger partial charge in [-0.15, -0.1) is 10.2 Å². The maximum atomic E-state index is 12.5. The first-order valence-electron chi connectivity index (χ1n) is 8.33. The third kappa shape index (κ3) is 5.24. The highest BCUT2D eigenvalue weighted by molar-refractivity contribution is 8.26. The van der Waals surface area contributed by atoms with E-state index in [-0.39, 0.29) is 24.8 Å². The van der Waals surface area contributed by atoms with E-state index in [9.17, 15) is 9.59 Å². The monoisotopic (exact) mass is 422 g/mol. The van der Waals surface area contributed by atoms with Crippen LogP contribution >= 0.6 is 35.3 Å². The number of anilines is 1. The molecule has 0 radical (unpaired) electrons. The van der Waals surface area contributed by atoms with E-state index in [4.69, 9.17) is 16.6 Å². The smallest absolute Gasteiger partial charge is 0.266 e. The third-order valence-corrected chi connectivity index (χ3v) is 5.79. The first kappa shape index (κ1) is 19.7. The molecular weight excluding hydrogens is 404 g/mol. The quantitative estimate of drug-likeness (QED) is 0.539. The van der Waals surface area contributed by atoms with E-state index in [0.717, 1.165) is 11.4 Å². The average molecular weight is 423 g/mol. The molecule has 2 aromatic rings. The summed E-state index contributed by atoms with van der Waals surface area (Å²) in [6.07, 6.45) is 4.14. The van der Waals surface area contributed by atoms with Gasteiger partial charge in [0.1, 0.15) is 15.1 Å². The molecule has 3 rings (SSSR count). The topological polar surface area (TPSA) is 88.3 Å². The van der Waals surface area contributed by atoms with Crippen molar-refractivity contribution in [3.8, 4) is 0 Å². The molecule has 2 aromatic heterocycles. The number of carbonyl (C=O) groups is 2. The molecule has 0 aliphatic carbocycles. The van der Waals surface area contributed by atoms with Gasteiger partial charge in [-0.25, -0.2) is 0 Å². The van der Waals surface area contributed by atoms with Crippen LogP contribution in [0, 0.1) is 5.92 Å². The molecule has 27 heavy (non-hydrogen) atoms. The average Bonchev–Trinajstić information content (AvgIpc) is 3.30. The zero-order valence-electron chi connectivity index (χ0n) is 14.8. The second-order valence-electron chi connectivity index (χ2n) is 6.25. The van der Waals surface area contributed by atoms with Gasteiger partial charge in [-0.3, -0.25) is 14.5 Å². The van der Waals surface area contributed by atoms with E-state index < -0.39 is 0 Å². The van der Waals surface area contributed by atoms with Gasteiger partial charge in [0.25, 0.3) is 5.91 Å². The minimum Gasteiger partial charge on any atom is -0.465 e. The highest BCUT2D eigenvalue weighted by Gasteiger charge is 2.32. The van der Waals surface area contributed by atoms with Crippen molar-refractivity contribution < 1.29 is 14.0 Å². The van der Waals surface area contributed by atoms with Crippen LogP contribution in [0.2, 0.25) is 0 Å². The van der Waals surface area contributed by atoms with E-state index in [0.29, 0.717) is 26.0 Å². The van der Waals surface area contributed by atoms with E-state index >= 15 is 0 Å². The van der Waals surface area contributed by atoms with Crippen LogP contribution in [-0.4, -0.2) is 37.8 Å². The fraction of sp³-hybridized carbons (Fsp3) is 0.353. The highest BCUT2D eigenvalue weighted by Crippen LogP contribution is 2.32. The van der Waals surface area contributed by atoms with Crippen molar-refractivity contribution in [1.82, 2.24) is 15.1 Å². The summed E-state index contributed by atoms with van der Waals surface area (Å²) in [6, 6.07) is 3.51. The number of thioether (sulfide) groups is 1. The number of nitrogens with one attached hydrogen (secondary N) is 1. The van der Waals surface area contributed by atoms with Crippen molar-refractivity contribution >= 4 is 62.7 Å². The Morgan fingerprint density at radius 2 is 2.26 bits per heavy atom. The largest absolute Gasteiger partial charge is 0.465 e. The Balaban J connectivity index is 1.53. The van der Waals surface area contributed by atoms with Crippen LogP contribution in [0.4, 0.5) is 5.13 Å². The van der Waals surface area contributed by atoms with Gasteiger partial charge in [0.15, 0.2) is 0 Å². The van der Waals surface area contributed by atoms with Crippen LogP contribution in [0.3, 0.4) is 0 Å². The summed E-state index contributed by atoms with van der Waals surface area (Å²) in [5, 5.41) is 12.1. The number of nitrogens with zero attached hydrogens (tertiary/aromatic N) is 3. The molecule has 0 bridgehead atoms. The maximum absolute atomic E-state index is 12.5. The fourth-order valence-corrected chi connectivity index (χ4v) is 4.58. The molecule has 0 unspecified atom stereocenters. The number of hydrogen-bond acceptors (Lipinski definition) is 8. The van der Waals surface area contributed by atoms with Crippen LogP contribution in [0.15, 0.2) is 27.7 Å². The predicted molar refractivity (Wildman–Crippen MR) is 110 cm³/mol. The van der Waals surface area contributed by atoms with Crippen LogP contribution in [0.25, 0.3) is 6.08 Å². The van der Waals surface area contributed by atoms with Crippen molar-refractivity contribution in [3.05, 3.63) is 34.1 Å². The lowest BCUT2D eigenvalue weighted by Crippen LogP contribution is -2.31. The molecule has 0 saturated carbocycles. The summed E-state index contributed by atoms with van der Waals surface area (Å²) in [4.78, 5) is 26.5. The summed E-state index contributed by atoms with van der Waals surface area (Å²) in [5.74, 6) is 0.613. The molecule has 7 nitrogen and oxygen atoms in total. The van der Waals surface area contributed by atoms with Crippen LogP contribution in [-0.2, 0) is 16.0 Å². The third-order valence-electron chi connectivity index (χ3n) is 3.55. The first-order chi connectivity index (χ1) is 12.9. The van der Waals surface area contributed by atoms with Crippen molar-refractivity contribution in [2.75, 3.05) is 11.9 Å². The molecule has 0 spiro atoms. The predicted octanol–water partition coefficient (Wildman–Crippen LogP) is 3.56. The van der Waals surface area contributed by atoms with Crippen LogP contribution in [0.5, 0.6) is 0 Å². The van der Waals surface area contributed by atoms with Gasteiger partial charge in [-0.2, -0.15) is 0 Å². The van der Waals surface area contributed by atoms with Crippen molar-refractivity contribution in [2.24, 2.45) is 5.92 Å². The van der Waals surface area contributed by atoms with E-state index in [1.165, 1.54) is 34.3 Å². The molecule has 2 amide bonds.